The predicted octanol–water partition coefficient (Wildman–Crippen LogP) is 5.13. The van der Waals surface area contributed by atoms with Crippen LogP contribution in [0.3, 0.4) is 0 Å². The zero-order valence-corrected chi connectivity index (χ0v) is 17.3. The van der Waals surface area contributed by atoms with Crippen molar-refractivity contribution in [1.82, 2.24) is 0 Å². The lowest BCUT2D eigenvalue weighted by Gasteiger charge is -2.15. The second-order valence-electron chi connectivity index (χ2n) is 6.87. The molecule has 1 aliphatic carbocycles. The van der Waals surface area contributed by atoms with Crippen molar-refractivity contribution in [2.24, 2.45) is 5.92 Å². The Balaban J connectivity index is 1.75. The van der Waals surface area contributed by atoms with E-state index in [2.05, 4.69) is 10.6 Å². The van der Waals surface area contributed by atoms with Crippen molar-refractivity contribution >= 4 is 34.8 Å². The largest absolute Gasteiger partial charge is 0.490 e. The second-order valence-corrected chi connectivity index (χ2v) is 7.27. The van der Waals surface area contributed by atoms with E-state index in [1.165, 1.54) is 0 Å². The van der Waals surface area contributed by atoms with E-state index in [0.717, 1.165) is 19.3 Å². The molecule has 0 unspecified atom stereocenters. The minimum atomic E-state index is -0.333. The smallest absolute Gasteiger partial charge is 0.255 e. The third-order valence-corrected chi connectivity index (χ3v) is 4.64. The Hall–Kier alpha value is -2.73. The normalized spacial score (nSPS) is 12.9. The molecule has 3 rings (SSSR count). The van der Waals surface area contributed by atoms with Crippen molar-refractivity contribution in [3.8, 4) is 11.5 Å². The Morgan fingerprint density at radius 2 is 1.79 bits per heavy atom. The maximum Gasteiger partial charge on any atom is 0.255 e. The SMILES string of the molecule is CCCOc1c(Cl)cc(C(=O)Nc2cccc(NC(=O)C3CC3)c2)cc1OCC. The summed E-state index contributed by atoms with van der Waals surface area (Å²) in [4.78, 5) is 24.7. The Morgan fingerprint density at radius 1 is 1.07 bits per heavy atom. The highest BCUT2D eigenvalue weighted by Gasteiger charge is 2.29. The molecule has 0 spiro atoms. The standard InChI is InChI=1S/C22H25ClN2O4/c1-3-10-29-20-18(23)11-15(12-19(20)28-4-2)22(27)25-17-7-5-6-16(13-17)24-21(26)14-8-9-14/h5-7,11-14H,3-4,8-10H2,1-2H3,(H,24,26)(H,25,27). The number of amides is 2. The number of hydrogen-bond donors (Lipinski definition) is 2. The molecule has 0 atom stereocenters. The van der Waals surface area contributed by atoms with Gasteiger partial charge in [-0.15, -0.1) is 0 Å². The molecule has 0 bridgehead atoms. The minimum Gasteiger partial charge on any atom is -0.490 e. The lowest BCUT2D eigenvalue weighted by Crippen LogP contribution is -2.15. The summed E-state index contributed by atoms with van der Waals surface area (Å²) in [6, 6.07) is 10.2. The van der Waals surface area contributed by atoms with Gasteiger partial charge in [0.25, 0.3) is 5.91 Å². The molecule has 2 aromatic carbocycles. The van der Waals surface area contributed by atoms with Crippen LogP contribution in [0, 0.1) is 5.92 Å². The van der Waals surface area contributed by atoms with Gasteiger partial charge in [-0.05, 0) is 56.5 Å². The number of rotatable bonds is 9. The van der Waals surface area contributed by atoms with E-state index in [4.69, 9.17) is 21.1 Å². The molecule has 2 aromatic rings. The highest BCUT2D eigenvalue weighted by Crippen LogP contribution is 2.37. The zero-order valence-electron chi connectivity index (χ0n) is 16.6. The lowest BCUT2D eigenvalue weighted by molar-refractivity contribution is -0.117. The first-order valence-corrected chi connectivity index (χ1v) is 10.2. The molecule has 1 aliphatic rings. The van der Waals surface area contributed by atoms with E-state index in [0.29, 0.717) is 46.7 Å². The fourth-order valence-electron chi connectivity index (χ4n) is 2.77. The topological polar surface area (TPSA) is 76.7 Å². The number of halogens is 1. The van der Waals surface area contributed by atoms with E-state index < -0.39 is 0 Å². The highest BCUT2D eigenvalue weighted by molar-refractivity contribution is 6.32. The molecule has 0 saturated heterocycles. The first-order valence-electron chi connectivity index (χ1n) is 9.83. The summed E-state index contributed by atoms with van der Waals surface area (Å²) in [7, 11) is 0. The number of hydrogen-bond acceptors (Lipinski definition) is 4. The van der Waals surface area contributed by atoms with Crippen LogP contribution in [0.15, 0.2) is 36.4 Å². The van der Waals surface area contributed by atoms with E-state index in [1.54, 1.807) is 36.4 Å². The molecule has 7 heteroatoms. The van der Waals surface area contributed by atoms with E-state index in [1.807, 2.05) is 13.8 Å². The summed E-state index contributed by atoms with van der Waals surface area (Å²) in [5.74, 6) is 0.673. The van der Waals surface area contributed by atoms with Crippen LogP contribution in [0.2, 0.25) is 5.02 Å². The van der Waals surface area contributed by atoms with Gasteiger partial charge in [0.1, 0.15) is 0 Å². The van der Waals surface area contributed by atoms with Gasteiger partial charge in [-0.1, -0.05) is 24.6 Å². The van der Waals surface area contributed by atoms with Crippen LogP contribution in [0.25, 0.3) is 0 Å². The molecular weight excluding hydrogens is 392 g/mol. The second kappa shape index (κ2) is 9.65. The quantitative estimate of drug-likeness (QED) is 0.594. The van der Waals surface area contributed by atoms with Gasteiger partial charge < -0.3 is 20.1 Å². The van der Waals surface area contributed by atoms with Crippen molar-refractivity contribution in [3.63, 3.8) is 0 Å². The fraction of sp³-hybridized carbons (Fsp3) is 0.364. The predicted molar refractivity (Wildman–Crippen MR) is 114 cm³/mol. The summed E-state index contributed by atoms with van der Waals surface area (Å²) in [6.07, 6.45) is 2.70. The van der Waals surface area contributed by atoms with Crippen LogP contribution in [-0.4, -0.2) is 25.0 Å². The van der Waals surface area contributed by atoms with Crippen LogP contribution >= 0.6 is 11.6 Å². The van der Waals surface area contributed by atoms with Gasteiger partial charge in [-0.2, -0.15) is 0 Å². The molecule has 2 N–H and O–H groups in total. The third-order valence-electron chi connectivity index (χ3n) is 4.36. The highest BCUT2D eigenvalue weighted by atomic mass is 35.5. The molecule has 0 heterocycles. The average Bonchev–Trinajstić information content (AvgIpc) is 3.53. The molecule has 2 amide bonds. The molecule has 0 radical (unpaired) electrons. The molecule has 1 saturated carbocycles. The summed E-state index contributed by atoms with van der Waals surface area (Å²) < 4.78 is 11.3. The first kappa shape index (κ1) is 21.0. The number of carbonyl (C=O) groups is 2. The van der Waals surface area contributed by atoms with Gasteiger partial charge in [0.2, 0.25) is 5.91 Å². The number of ether oxygens (including phenoxy) is 2. The summed E-state index contributed by atoms with van der Waals surface area (Å²) in [6.45, 7) is 4.78. The molecule has 154 valence electrons. The van der Waals surface area contributed by atoms with E-state index >= 15 is 0 Å². The zero-order chi connectivity index (χ0) is 20.8. The first-order chi connectivity index (χ1) is 14.0. The van der Waals surface area contributed by atoms with Gasteiger partial charge >= 0.3 is 0 Å². The van der Waals surface area contributed by atoms with Crippen molar-refractivity contribution < 1.29 is 19.1 Å². The van der Waals surface area contributed by atoms with Gasteiger partial charge in [0.05, 0.1) is 18.2 Å². The van der Waals surface area contributed by atoms with Crippen molar-refractivity contribution in [1.29, 1.82) is 0 Å². The number of anilines is 2. The van der Waals surface area contributed by atoms with Crippen molar-refractivity contribution in [2.75, 3.05) is 23.8 Å². The van der Waals surface area contributed by atoms with Crippen LogP contribution in [-0.2, 0) is 4.79 Å². The van der Waals surface area contributed by atoms with Crippen molar-refractivity contribution in [2.45, 2.75) is 33.1 Å². The Morgan fingerprint density at radius 3 is 2.45 bits per heavy atom. The molecular formula is C22H25ClN2O4. The van der Waals surface area contributed by atoms with Crippen LogP contribution in [0.5, 0.6) is 11.5 Å². The fourth-order valence-corrected chi connectivity index (χ4v) is 3.04. The minimum absolute atomic E-state index is 0.0179. The third kappa shape index (κ3) is 5.64. The van der Waals surface area contributed by atoms with Crippen LogP contribution in [0.4, 0.5) is 11.4 Å². The Kier molecular flexibility index (Phi) is 6.99. The summed E-state index contributed by atoms with van der Waals surface area (Å²) in [5.41, 5.74) is 1.58. The maximum absolute atomic E-state index is 12.7. The summed E-state index contributed by atoms with van der Waals surface area (Å²) >= 11 is 6.34. The molecule has 0 aromatic heterocycles. The van der Waals surface area contributed by atoms with Gasteiger partial charge in [-0.25, -0.2) is 0 Å². The molecule has 29 heavy (non-hydrogen) atoms. The van der Waals surface area contributed by atoms with Gasteiger partial charge in [0, 0.05) is 22.9 Å². The average molecular weight is 417 g/mol. The number of benzene rings is 2. The van der Waals surface area contributed by atoms with Crippen LogP contribution < -0.4 is 20.1 Å². The Bertz CT molecular complexity index is 896. The summed E-state index contributed by atoms with van der Waals surface area (Å²) in [5, 5.41) is 6.02. The number of nitrogens with one attached hydrogen (secondary N) is 2. The molecule has 6 nitrogen and oxygen atoms in total. The van der Waals surface area contributed by atoms with E-state index in [9.17, 15) is 9.59 Å². The van der Waals surface area contributed by atoms with Gasteiger partial charge in [0.15, 0.2) is 11.5 Å². The van der Waals surface area contributed by atoms with Crippen LogP contribution in [0.1, 0.15) is 43.5 Å². The maximum atomic E-state index is 12.7. The van der Waals surface area contributed by atoms with Crippen molar-refractivity contribution in [3.05, 3.63) is 47.0 Å². The monoisotopic (exact) mass is 416 g/mol. The molecule has 0 aliphatic heterocycles. The van der Waals surface area contributed by atoms with Gasteiger partial charge in [-0.3, -0.25) is 9.59 Å². The Labute approximate surface area is 175 Å². The van der Waals surface area contributed by atoms with E-state index in [-0.39, 0.29) is 17.7 Å². The lowest BCUT2D eigenvalue weighted by atomic mass is 10.1. The number of carbonyl (C=O) groups excluding carboxylic acids is 2. The molecule has 1 fully saturated rings.